The first-order chi connectivity index (χ1) is 9.74. The van der Waals surface area contributed by atoms with Crippen LogP contribution < -0.4 is 5.32 Å². The zero-order valence-electron chi connectivity index (χ0n) is 11.9. The molecule has 0 aromatic heterocycles. The van der Waals surface area contributed by atoms with E-state index in [-0.39, 0.29) is 5.91 Å². The highest BCUT2D eigenvalue weighted by Crippen LogP contribution is 2.19. The lowest BCUT2D eigenvalue weighted by Gasteiger charge is -2.17. The molecule has 21 heavy (non-hydrogen) atoms. The van der Waals surface area contributed by atoms with E-state index in [4.69, 9.17) is 0 Å². The number of amides is 1. The molecule has 8 heteroatoms. The smallest absolute Gasteiger partial charge is 0.251 e. The van der Waals surface area contributed by atoms with Crippen molar-refractivity contribution in [3.63, 3.8) is 0 Å². The highest BCUT2D eigenvalue weighted by Gasteiger charge is 2.13. The van der Waals surface area contributed by atoms with Crippen molar-refractivity contribution in [2.24, 2.45) is 0 Å². The molecule has 0 spiro atoms. The van der Waals surface area contributed by atoms with Gasteiger partial charge in [-0.3, -0.25) is 4.79 Å². The number of carbonyl (C=O) groups excluding carboxylic acids is 1. The van der Waals surface area contributed by atoms with Gasteiger partial charge in [0.05, 0.1) is 6.26 Å². The molecule has 1 aromatic rings. The SMILES string of the molecule is CCN(CCCNC(=O)c1cc(Br)cc(Br)c1)S(C)(=O)=O. The maximum absolute atomic E-state index is 12.0. The van der Waals surface area contributed by atoms with E-state index in [2.05, 4.69) is 37.2 Å². The van der Waals surface area contributed by atoms with Gasteiger partial charge in [0.1, 0.15) is 0 Å². The minimum Gasteiger partial charge on any atom is -0.352 e. The van der Waals surface area contributed by atoms with Crippen LogP contribution in [0, 0.1) is 0 Å². The van der Waals surface area contributed by atoms with Crippen molar-refractivity contribution >= 4 is 47.8 Å². The van der Waals surface area contributed by atoms with Crippen molar-refractivity contribution in [1.29, 1.82) is 0 Å². The molecule has 0 aliphatic carbocycles. The summed E-state index contributed by atoms with van der Waals surface area (Å²) in [4.78, 5) is 12.0. The minimum atomic E-state index is -3.17. The van der Waals surface area contributed by atoms with Gasteiger partial charge in [-0.25, -0.2) is 12.7 Å². The second kappa shape index (κ2) is 8.26. The second-order valence-corrected chi connectivity index (χ2v) is 8.34. The predicted octanol–water partition coefficient (Wildman–Crippen LogP) is 2.61. The Morgan fingerprint density at radius 3 is 2.29 bits per heavy atom. The van der Waals surface area contributed by atoms with Crippen LogP contribution in [0.3, 0.4) is 0 Å². The molecule has 0 fully saturated rings. The fourth-order valence-corrected chi connectivity index (χ4v) is 4.03. The fraction of sp³-hybridized carbons (Fsp3) is 0.462. The van der Waals surface area contributed by atoms with Crippen molar-refractivity contribution in [1.82, 2.24) is 9.62 Å². The Balaban J connectivity index is 2.47. The molecule has 0 saturated heterocycles. The molecule has 0 saturated carbocycles. The van der Waals surface area contributed by atoms with E-state index in [0.29, 0.717) is 31.6 Å². The van der Waals surface area contributed by atoms with E-state index in [1.54, 1.807) is 19.1 Å². The van der Waals surface area contributed by atoms with Gasteiger partial charge in [0.2, 0.25) is 10.0 Å². The van der Waals surface area contributed by atoms with Crippen molar-refractivity contribution < 1.29 is 13.2 Å². The lowest BCUT2D eigenvalue weighted by molar-refractivity contribution is 0.0952. The third-order valence-electron chi connectivity index (χ3n) is 2.82. The molecule has 0 unspecified atom stereocenters. The van der Waals surface area contributed by atoms with Crippen molar-refractivity contribution in [2.75, 3.05) is 25.9 Å². The first-order valence-electron chi connectivity index (χ1n) is 6.43. The fourth-order valence-electron chi connectivity index (χ4n) is 1.80. The number of sulfonamides is 1. The summed E-state index contributed by atoms with van der Waals surface area (Å²) in [5.74, 6) is -0.181. The van der Waals surface area contributed by atoms with E-state index in [9.17, 15) is 13.2 Å². The van der Waals surface area contributed by atoms with Gasteiger partial charge in [-0.15, -0.1) is 0 Å². The average Bonchev–Trinajstić information content (AvgIpc) is 2.35. The summed E-state index contributed by atoms with van der Waals surface area (Å²) in [5, 5.41) is 2.78. The van der Waals surface area contributed by atoms with Crippen molar-refractivity contribution in [3.05, 3.63) is 32.7 Å². The summed E-state index contributed by atoms with van der Waals surface area (Å²) in [7, 11) is -3.17. The molecule has 0 aliphatic heterocycles. The normalized spacial score (nSPS) is 11.7. The largest absolute Gasteiger partial charge is 0.352 e. The van der Waals surface area contributed by atoms with E-state index >= 15 is 0 Å². The summed E-state index contributed by atoms with van der Waals surface area (Å²) < 4.78 is 25.8. The highest BCUT2D eigenvalue weighted by molar-refractivity contribution is 9.11. The second-order valence-electron chi connectivity index (χ2n) is 4.52. The van der Waals surface area contributed by atoms with Gasteiger partial charge < -0.3 is 5.32 Å². The number of rotatable bonds is 7. The van der Waals surface area contributed by atoms with Gasteiger partial charge in [-0.1, -0.05) is 38.8 Å². The third-order valence-corrected chi connectivity index (χ3v) is 5.11. The lowest BCUT2D eigenvalue weighted by atomic mass is 10.2. The Labute approximate surface area is 142 Å². The van der Waals surface area contributed by atoms with Gasteiger partial charge in [0.25, 0.3) is 5.91 Å². The first-order valence-corrected chi connectivity index (χ1v) is 9.87. The van der Waals surface area contributed by atoms with Gasteiger partial charge >= 0.3 is 0 Å². The quantitative estimate of drug-likeness (QED) is 0.661. The van der Waals surface area contributed by atoms with Crippen LogP contribution in [0.5, 0.6) is 0 Å². The summed E-state index contributed by atoms with van der Waals surface area (Å²) in [6.45, 7) is 3.05. The number of hydrogen-bond acceptors (Lipinski definition) is 3. The number of nitrogens with one attached hydrogen (secondary N) is 1. The van der Waals surface area contributed by atoms with Gasteiger partial charge in [0.15, 0.2) is 0 Å². The van der Waals surface area contributed by atoms with Crippen LogP contribution in [0.15, 0.2) is 27.1 Å². The van der Waals surface area contributed by atoms with Crippen molar-refractivity contribution in [3.8, 4) is 0 Å². The molecule has 0 heterocycles. The highest BCUT2D eigenvalue weighted by atomic mass is 79.9. The van der Waals surface area contributed by atoms with Crippen LogP contribution in [0.1, 0.15) is 23.7 Å². The Morgan fingerprint density at radius 2 is 1.81 bits per heavy atom. The average molecular weight is 442 g/mol. The van der Waals surface area contributed by atoms with Gasteiger partial charge in [-0.05, 0) is 24.6 Å². The molecule has 1 N–H and O–H groups in total. The maximum Gasteiger partial charge on any atom is 0.251 e. The Morgan fingerprint density at radius 1 is 1.24 bits per heavy atom. The number of hydrogen-bond donors (Lipinski definition) is 1. The van der Waals surface area contributed by atoms with Crippen LogP contribution in [0.2, 0.25) is 0 Å². The van der Waals surface area contributed by atoms with E-state index < -0.39 is 10.0 Å². The molecule has 0 bridgehead atoms. The number of carbonyl (C=O) groups is 1. The number of halogens is 2. The molecule has 5 nitrogen and oxygen atoms in total. The van der Waals surface area contributed by atoms with Crippen LogP contribution in [-0.2, 0) is 10.0 Å². The maximum atomic E-state index is 12.0. The summed E-state index contributed by atoms with van der Waals surface area (Å²) in [6, 6.07) is 5.31. The molecule has 1 aromatic carbocycles. The monoisotopic (exact) mass is 440 g/mol. The molecule has 1 amide bonds. The van der Waals surface area contributed by atoms with Crippen LogP contribution >= 0.6 is 31.9 Å². The Kier molecular flexibility index (Phi) is 7.32. The lowest BCUT2D eigenvalue weighted by Crippen LogP contribution is -2.33. The van der Waals surface area contributed by atoms with Crippen LogP contribution in [0.25, 0.3) is 0 Å². The molecular weight excluding hydrogens is 424 g/mol. The third kappa shape index (κ3) is 6.46. The molecule has 118 valence electrons. The summed E-state index contributed by atoms with van der Waals surface area (Å²) >= 11 is 6.66. The topological polar surface area (TPSA) is 66.5 Å². The molecule has 0 aliphatic rings. The number of benzene rings is 1. The zero-order chi connectivity index (χ0) is 16.0. The predicted molar refractivity (Wildman–Crippen MR) is 90.9 cm³/mol. The number of nitrogens with zero attached hydrogens (tertiary/aromatic N) is 1. The molecular formula is C13H18Br2N2O3S. The summed E-state index contributed by atoms with van der Waals surface area (Å²) in [5.41, 5.74) is 0.548. The molecule has 1 rings (SSSR count). The van der Waals surface area contributed by atoms with Gasteiger partial charge in [-0.2, -0.15) is 0 Å². The van der Waals surface area contributed by atoms with Crippen LogP contribution in [0.4, 0.5) is 0 Å². The first kappa shape index (κ1) is 18.6. The van der Waals surface area contributed by atoms with E-state index in [1.165, 1.54) is 10.6 Å². The Hall–Kier alpha value is -0.440. The molecule has 0 radical (unpaired) electrons. The Bertz CT molecular complexity index is 585. The van der Waals surface area contributed by atoms with E-state index in [1.807, 2.05) is 6.07 Å². The zero-order valence-corrected chi connectivity index (χ0v) is 15.9. The van der Waals surface area contributed by atoms with Crippen LogP contribution in [-0.4, -0.2) is 44.5 Å². The minimum absolute atomic E-state index is 0.181. The van der Waals surface area contributed by atoms with Gasteiger partial charge in [0, 0.05) is 34.1 Å². The molecule has 0 atom stereocenters. The standard InChI is InChI=1S/C13H18Br2N2O3S/c1-3-17(21(2,19)20)6-4-5-16-13(18)10-7-11(14)9-12(15)8-10/h7-9H,3-6H2,1-2H3,(H,16,18). The van der Waals surface area contributed by atoms with E-state index in [0.717, 1.165) is 8.95 Å². The summed E-state index contributed by atoms with van der Waals surface area (Å²) in [6.07, 6.45) is 1.76. The van der Waals surface area contributed by atoms with Crippen molar-refractivity contribution in [2.45, 2.75) is 13.3 Å².